The summed E-state index contributed by atoms with van der Waals surface area (Å²) >= 11 is 0. The van der Waals surface area contributed by atoms with Crippen LogP contribution in [0.3, 0.4) is 0 Å². The number of carboxylic acids is 1. The average Bonchev–Trinajstić information content (AvgIpc) is 4.15. The minimum absolute atomic E-state index is 0.0148. The van der Waals surface area contributed by atoms with Crippen LogP contribution >= 0.6 is 0 Å². The number of imide groups is 1. The first kappa shape index (κ1) is 55.5. The molecule has 8 rings (SSSR count). The molecule has 410 valence electrons. The van der Waals surface area contributed by atoms with Gasteiger partial charge in [-0.3, -0.25) is 52.8 Å². The number of fused-ring (bicyclic) bond motifs is 5. The number of pyridine rings is 2. The van der Waals surface area contributed by atoms with E-state index in [0.717, 1.165) is 45.4 Å². The van der Waals surface area contributed by atoms with Gasteiger partial charge in [-0.2, -0.15) is 0 Å². The molecule has 0 radical (unpaired) electrons. The number of hydrogen-bond donors (Lipinski definition) is 9. The fraction of sp³-hybridized carbons (Fsp3) is 0.396. The SMILES string of the molecule is CC[C@@]1(O)C(=O)OCc2c1cc1n(c2=O)Cc2c-1nc1cc(C)c(C)c3c1c2[C@H](NC(=O)C(C)OCNC(=O)CNC(=O)[C@H](Cc1ccccc1)NC(=O)CNC(=O)CNC(=O)C(CNCC(=O)O)N1C(=O)C=CC1=O)CC3. The Hall–Kier alpha value is -8.68. The summed E-state index contributed by atoms with van der Waals surface area (Å²) in [6.45, 7) is 3.64. The molecule has 4 aliphatic rings. The Morgan fingerprint density at radius 2 is 1.53 bits per heavy atom. The number of nitrogens with zero attached hydrogens (tertiary/aromatic N) is 3. The molecule has 2 aromatic heterocycles. The summed E-state index contributed by atoms with van der Waals surface area (Å²) in [7, 11) is 0. The van der Waals surface area contributed by atoms with Crippen molar-refractivity contribution < 1.29 is 67.6 Å². The molecule has 5 heterocycles. The van der Waals surface area contributed by atoms with E-state index in [1.165, 1.54) is 6.92 Å². The summed E-state index contributed by atoms with van der Waals surface area (Å²) in [6.07, 6.45) is 1.87. The monoisotopic (exact) mass is 1070 g/mol. The Labute approximate surface area is 444 Å². The third kappa shape index (κ3) is 11.5. The second kappa shape index (κ2) is 23.3. The van der Waals surface area contributed by atoms with Crippen molar-refractivity contribution in [2.24, 2.45) is 0 Å². The minimum Gasteiger partial charge on any atom is -0.480 e. The number of carboxylic acid groups (broad SMARTS) is 1. The first-order valence-electron chi connectivity index (χ1n) is 25.1. The first-order chi connectivity index (χ1) is 37.2. The number of rotatable bonds is 22. The minimum atomic E-state index is -2.01. The predicted octanol–water partition coefficient (Wildman–Crippen LogP) is -1.68. The van der Waals surface area contributed by atoms with E-state index in [-0.39, 0.29) is 37.1 Å². The maximum absolute atomic E-state index is 14.1. The molecule has 25 heteroatoms. The van der Waals surface area contributed by atoms with Crippen molar-refractivity contribution in [1.82, 2.24) is 51.7 Å². The summed E-state index contributed by atoms with van der Waals surface area (Å²) in [5, 5.41) is 38.9. The van der Waals surface area contributed by atoms with Gasteiger partial charge in [0.25, 0.3) is 17.4 Å². The van der Waals surface area contributed by atoms with Crippen LogP contribution in [0.1, 0.15) is 77.2 Å². The molecule has 2 unspecified atom stereocenters. The number of carbonyl (C=O) groups excluding carboxylic acids is 9. The number of esters is 1. The number of carbonyl (C=O) groups is 10. The van der Waals surface area contributed by atoms with E-state index in [4.69, 9.17) is 19.6 Å². The highest BCUT2D eigenvalue weighted by molar-refractivity contribution is 6.15. The molecule has 0 saturated heterocycles. The molecule has 0 saturated carbocycles. The lowest BCUT2D eigenvalue weighted by atomic mass is 9.80. The summed E-state index contributed by atoms with van der Waals surface area (Å²) in [4.78, 5) is 147. The van der Waals surface area contributed by atoms with Gasteiger partial charge in [0.05, 0.1) is 61.2 Å². The Morgan fingerprint density at radius 1 is 0.846 bits per heavy atom. The van der Waals surface area contributed by atoms with Gasteiger partial charge in [-0.25, -0.2) is 9.78 Å². The second-order valence-electron chi connectivity index (χ2n) is 19.2. The molecule has 8 amide bonds. The number of benzene rings is 2. The summed E-state index contributed by atoms with van der Waals surface area (Å²) in [6, 6.07) is 8.94. The van der Waals surface area contributed by atoms with Gasteiger partial charge in [0.2, 0.25) is 35.4 Å². The number of hydrogen-bond acceptors (Lipinski definition) is 16. The molecule has 4 aromatic rings. The molecule has 0 fully saturated rings. The average molecular weight is 1080 g/mol. The van der Waals surface area contributed by atoms with E-state index in [9.17, 15) is 57.8 Å². The normalized spacial score (nSPS) is 17.9. The summed E-state index contributed by atoms with van der Waals surface area (Å²) < 4.78 is 12.5. The number of ether oxygens (including phenoxy) is 2. The van der Waals surface area contributed by atoms with Crippen molar-refractivity contribution in [3.63, 3.8) is 0 Å². The topological polar surface area (TPSA) is 352 Å². The van der Waals surface area contributed by atoms with Crippen LogP contribution in [-0.2, 0) is 89.0 Å². The summed E-state index contributed by atoms with van der Waals surface area (Å²) in [5.41, 5.74) is 4.88. The molecule has 9 N–H and O–H groups in total. The van der Waals surface area contributed by atoms with E-state index in [0.29, 0.717) is 40.2 Å². The zero-order valence-corrected chi connectivity index (χ0v) is 43.0. The van der Waals surface area contributed by atoms with Crippen LogP contribution in [-0.4, -0.2) is 142 Å². The Bertz CT molecular complexity index is 3250. The molecule has 2 aromatic carbocycles. The maximum Gasteiger partial charge on any atom is 0.343 e. The van der Waals surface area contributed by atoms with Crippen molar-refractivity contribution in [2.75, 3.05) is 39.5 Å². The highest BCUT2D eigenvalue weighted by atomic mass is 16.6. The number of amides is 8. The van der Waals surface area contributed by atoms with Gasteiger partial charge in [-0.05, 0) is 80.0 Å². The van der Waals surface area contributed by atoms with Crippen molar-refractivity contribution in [3.8, 4) is 11.4 Å². The highest BCUT2D eigenvalue weighted by Crippen LogP contribution is 2.46. The Kier molecular flexibility index (Phi) is 16.6. The molecule has 25 nitrogen and oxygen atoms in total. The maximum atomic E-state index is 14.1. The van der Waals surface area contributed by atoms with Crippen LogP contribution in [0.15, 0.2) is 59.4 Å². The Balaban J connectivity index is 0.848. The lowest BCUT2D eigenvalue weighted by Gasteiger charge is -2.31. The zero-order valence-electron chi connectivity index (χ0n) is 43.0. The van der Waals surface area contributed by atoms with Gasteiger partial charge >= 0.3 is 11.9 Å². The largest absolute Gasteiger partial charge is 0.480 e. The molecular weight excluding hydrogens is 1020 g/mol. The number of aromatic nitrogens is 2. The van der Waals surface area contributed by atoms with Crippen LogP contribution in [0.4, 0.5) is 0 Å². The van der Waals surface area contributed by atoms with E-state index in [1.807, 2.05) is 19.9 Å². The first-order valence-corrected chi connectivity index (χ1v) is 25.1. The van der Waals surface area contributed by atoms with Gasteiger partial charge in [0.15, 0.2) is 5.60 Å². The van der Waals surface area contributed by atoms with Gasteiger partial charge < -0.3 is 61.5 Å². The Morgan fingerprint density at radius 3 is 2.22 bits per heavy atom. The van der Waals surface area contributed by atoms with Crippen molar-refractivity contribution >= 4 is 70.1 Å². The van der Waals surface area contributed by atoms with Crippen molar-refractivity contribution in [3.05, 3.63) is 109 Å². The predicted molar refractivity (Wildman–Crippen MR) is 273 cm³/mol. The van der Waals surface area contributed by atoms with E-state index in [1.54, 1.807) is 47.9 Å². The zero-order chi connectivity index (χ0) is 56.2. The lowest BCUT2D eigenvalue weighted by molar-refractivity contribution is -0.172. The lowest BCUT2D eigenvalue weighted by Crippen LogP contribution is -2.56. The molecule has 3 aliphatic heterocycles. The molecule has 5 atom stereocenters. The molecule has 0 spiro atoms. The van der Waals surface area contributed by atoms with Crippen LogP contribution < -0.4 is 42.8 Å². The number of nitrogens with one attached hydrogen (secondary N) is 7. The number of cyclic esters (lactones) is 1. The second-order valence-corrected chi connectivity index (χ2v) is 19.2. The third-order valence-corrected chi connectivity index (χ3v) is 14.3. The van der Waals surface area contributed by atoms with Gasteiger partial charge in [-0.1, -0.05) is 37.3 Å². The smallest absolute Gasteiger partial charge is 0.343 e. The fourth-order valence-electron chi connectivity index (χ4n) is 10.0. The molecule has 0 bridgehead atoms. The van der Waals surface area contributed by atoms with Gasteiger partial charge in [-0.15, -0.1) is 0 Å². The van der Waals surface area contributed by atoms with Crippen LogP contribution in [0.25, 0.3) is 22.3 Å². The van der Waals surface area contributed by atoms with Gasteiger partial charge in [0, 0.05) is 41.6 Å². The van der Waals surface area contributed by atoms with Gasteiger partial charge in [0.1, 0.15) is 31.5 Å². The van der Waals surface area contributed by atoms with Crippen LogP contribution in [0.5, 0.6) is 0 Å². The third-order valence-electron chi connectivity index (χ3n) is 14.3. The van der Waals surface area contributed by atoms with Crippen molar-refractivity contribution in [2.45, 2.75) is 96.4 Å². The summed E-state index contributed by atoms with van der Waals surface area (Å²) in [5.74, 6) is -8.31. The van der Waals surface area contributed by atoms with E-state index >= 15 is 0 Å². The molecule has 78 heavy (non-hydrogen) atoms. The van der Waals surface area contributed by atoms with E-state index < -0.39 is 134 Å². The highest BCUT2D eigenvalue weighted by Gasteiger charge is 2.46. The van der Waals surface area contributed by atoms with E-state index in [2.05, 4.69) is 37.2 Å². The standard InChI is InChI=1S/C53H58N10O15/c1-5-53(76)33-17-37-47-31(23-62(37)51(74)32(33)24-77-52(53)75)46-34(12-11-30-27(3)26(2)15-35(60-47)45(30)46)61-48(71)28(4)78-25-58-40(65)20-56-49(72)36(16-29-9-7-6-8-10-29)59-41(66)21-55-39(64)19-57-50(73)38(18-54-22-44(69)70)63-42(67)13-14-43(63)68/h6-10,13-15,17,28,34,36,38,54,76H,5,11-12,16,18-25H2,1-4H3,(H,55,64)(H,56,72)(H,57,73)(H,58,65)(H,59,66)(H,61,71)(H,69,70)/t28?,34-,36+,38?,53+/m1/s1. The number of aliphatic carboxylic acids is 1. The molecule has 1 aliphatic carbocycles. The quantitative estimate of drug-likeness (QED) is 0.0212. The number of aryl methyl sites for hydroxylation is 2. The van der Waals surface area contributed by atoms with Crippen LogP contribution in [0, 0.1) is 13.8 Å². The number of aliphatic hydroxyl groups is 1. The molecular formula is C53H58N10O15. The van der Waals surface area contributed by atoms with Crippen LogP contribution in [0.2, 0.25) is 0 Å². The fourth-order valence-corrected chi connectivity index (χ4v) is 10.0. The van der Waals surface area contributed by atoms with Crippen molar-refractivity contribution in [1.29, 1.82) is 0 Å².